The van der Waals surface area contributed by atoms with Gasteiger partial charge in [-0.2, -0.15) is 0 Å². The van der Waals surface area contributed by atoms with E-state index in [-0.39, 0.29) is 0 Å². The van der Waals surface area contributed by atoms with E-state index in [9.17, 15) is 0 Å². The quantitative estimate of drug-likeness (QED) is 0.745. The molecule has 0 radical (unpaired) electrons. The van der Waals surface area contributed by atoms with Crippen LogP contribution >= 0.6 is 0 Å². The molecule has 0 fully saturated rings. The van der Waals surface area contributed by atoms with Gasteiger partial charge in [-0.05, 0) is 20.3 Å². The molecule has 1 heterocycles. The lowest BCUT2D eigenvalue weighted by Gasteiger charge is -2.08. The number of aromatic nitrogens is 1. The van der Waals surface area contributed by atoms with Crippen molar-refractivity contribution in [2.24, 2.45) is 0 Å². The Hall–Kier alpha value is -0.830. The zero-order valence-electron chi connectivity index (χ0n) is 7.92. The number of rotatable bonds is 4. The van der Waals surface area contributed by atoms with Gasteiger partial charge in [0.25, 0.3) is 0 Å². The summed E-state index contributed by atoms with van der Waals surface area (Å²) in [5.74, 6) is 0.910. The minimum Gasteiger partial charge on any atom is -0.360 e. The molecule has 1 rings (SSSR count). The fourth-order valence-electron chi connectivity index (χ4n) is 0.919. The second-order valence-electron chi connectivity index (χ2n) is 3.12. The van der Waals surface area contributed by atoms with Gasteiger partial charge in [0.2, 0.25) is 0 Å². The number of nitrogens with one attached hydrogen (secondary N) is 1. The molecule has 0 spiro atoms. The summed E-state index contributed by atoms with van der Waals surface area (Å²) in [4.78, 5) is 0. The molecule has 3 nitrogen and oxygen atoms in total. The van der Waals surface area contributed by atoms with Crippen LogP contribution < -0.4 is 5.32 Å². The molecule has 1 aromatic heterocycles. The molecule has 0 aliphatic rings. The van der Waals surface area contributed by atoms with Crippen molar-refractivity contribution in [2.75, 3.05) is 0 Å². The number of hydrogen-bond donors (Lipinski definition) is 1. The first-order chi connectivity index (χ1) is 5.72. The molecule has 0 amide bonds. The SMILES string of the molecule is CCC(C)NCc1cc(C)no1. The summed E-state index contributed by atoms with van der Waals surface area (Å²) in [5, 5.41) is 7.13. The Morgan fingerprint density at radius 3 is 2.92 bits per heavy atom. The first kappa shape index (κ1) is 9.26. The van der Waals surface area contributed by atoms with Crippen LogP contribution in [0.4, 0.5) is 0 Å². The topological polar surface area (TPSA) is 38.1 Å². The van der Waals surface area contributed by atoms with Crippen molar-refractivity contribution < 1.29 is 4.52 Å². The number of hydrogen-bond acceptors (Lipinski definition) is 3. The molecule has 68 valence electrons. The largest absolute Gasteiger partial charge is 0.360 e. The summed E-state index contributed by atoms with van der Waals surface area (Å²) in [6.07, 6.45) is 1.13. The average molecular weight is 168 g/mol. The molecule has 0 aromatic carbocycles. The molecule has 0 bridgehead atoms. The van der Waals surface area contributed by atoms with Crippen molar-refractivity contribution in [3.8, 4) is 0 Å². The van der Waals surface area contributed by atoms with E-state index in [1.165, 1.54) is 0 Å². The van der Waals surface area contributed by atoms with Crippen molar-refractivity contribution in [1.82, 2.24) is 10.5 Å². The van der Waals surface area contributed by atoms with Gasteiger partial charge in [0.1, 0.15) is 0 Å². The zero-order valence-corrected chi connectivity index (χ0v) is 7.92. The van der Waals surface area contributed by atoms with Gasteiger partial charge < -0.3 is 9.84 Å². The minimum absolute atomic E-state index is 0.537. The van der Waals surface area contributed by atoms with Crippen LogP contribution in [-0.4, -0.2) is 11.2 Å². The van der Waals surface area contributed by atoms with E-state index in [4.69, 9.17) is 4.52 Å². The maximum absolute atomic E-state index is 5.05. The monoisotopic (exact) mass is 168 g/mol. The highest BCUT2D eigenvalue weighted by Crippen LogP contribution is 2.02. The van der Waals surface area contributed by atoms with Crippen molar-refractivity contribution >= 4 is 0 Å². The van der Waals surface area contributed by atoms with Gasteiger partial charge in [-0.15, -0.1) is 0 Å². The Morgan fingerprint density at radius 2 is 2.42 bits per heavy atom. The molecule has 1 unspecified atom stereocenters. The van der Waals surface area contributed by atoms with Gasteiger partial charge in [0.05, 0.1) is 12.2 Å². The lowest BCUT2D eigenvalue weighted by Crippen LogP contribution is -2.24. The van der Waals surface area contributed by atoms with E-state index in [1.807, 2.05) is 13.0 Å². The molecule has 12 heavy (non-hydrogen) atoms. The lowest BCUT2D eigenvalue weighted by molar-refractivity contribution is 0.361. The van der Waals surface area contributed by atoms with E-state index in [0.717, 1.165) is 24.4 Å². The molecule has 3 heteroatoms. The van der Waals surface area contributed by atoms with Crippen LogP contribution in [-0.2, 0) is 6.54 Å². The van der Waals surface area contributed by atoms with Gasteiger partial charge in [-0.1, -0.05) is 12.1 Å². The number of aryl methyl sites for hydroxylation is 1. The summed E-state index contributed by atoms with van der Waals surface area (Å²) in [5.41, 5.74) is 0.941. The van der Waals surface area contributed by atoms with Crippen LogP contribution in [0.15, 0.2) is 10.6 Å². The summed E-state index contributed by atoms with van der Waals surface area (Å²) in [6, 6.07) is 2.49. The second-order valence-corrected chi connectivity index (χ2v) is 3.12. The average Bonchev–Trinajstić information content (AvgIpc) is 2.47. The molecular weight excluding hydrogens is 152 g/mol. The molecule has 1 atom stereocenters. The molecule has 0 saturated carbocycles. The Balaban J connectivity index is 2.33. The van der Waals surface area contributed by atoms with E-state index in [1.54, 1.807) is 0 Å². The maximum Gasteiger partial charge on any atom is 0.150 e. The lowest BCUT2D eigenvalue weighted by atomic mass is 10.2. The van der Waals surface area contributed by atoms with Crippen LogP contribution in [0.1, 0.15) is 31.7 Å². The van der Waals surface area contributed by atoms with Gasteiger partial charge >= 0.3 is 0 Å². The molecule has 0 aliphatic carbocycles. The van der Waals surface area contributed by atoms with Crippen LogP contribution in [0.5, 0.6) is 0 Å². The summed E-state index contributed by atoms with van der Waals surface area (Å²) in [6.45, 7) is 7.01. The normalized spacial score (nSPS) is 13.2. The Morgan fingerprint density at radius 1 is 1.67 bits per heavy atom. The van der Waals surface area contributed by atoms with Crippen LogP contribution in [0, 0.1) is 6.92 Å². The van der Waals surface area contributed by atoms with Gasteiger partial charge in [-0.3, -0.25) is 0 Å². The third-order valence-corrected chi connectivity index (χ3v) is 1.91. The maximum atomic E-state index is 5.05. The highest BCUT2D eigenvalue weighted by molar-refractivity contribution is 5.02. The van der Waals surface area contributed by atoms with Crippen molar-refractivity contribution in [2.45, 2.75) is 39.8 Å². The van der Waals surface area contributed by atoms with Crippen LogP contribution in [0.3, 0.4) is 0 Å². The van der Waals surface area contributed by atoms with Crippen LogP contribution in [0.2, 0.25) is 0 Å². The highest BCUT2D eigenvalue weighted by Gasteiger charge is 2.01. The Kier molecular flexibility index (Phi) is 3.29. The van der Waals surface area contributed by atoms with Gasteiger partial charge in [-0.25, -0.2) is 0 Å². The number of nitrogens with zero attached hydrogens (tertiary/aromatic N) is 1. The molecule has 1 N–H and O–H groups in total. The van der Waals surface area contributed by atoms with Crippen LogP contribution in [0.25, 0.3) is 0 Å². The Labute approximate surface area is 73.1 Å². The van der Waals surface area contributed by atoms with Crippen molar-refractivity contribution in [1.29, 1.82) is 0 Å². The first-order valence-corrected chi connectivity index (χ1v) is 4.38. The summed E-state index contributed by atoms with van der Waals surface area (Å²) < 4.78 is 5.05. The molecule has 0 aliphatic heterocycles. The van der Waals surface area contributed by atoms with Crippen molar-refractivity contribution in [3.63, 3.8) is 0 Å². The smallest absolute Gasteiger partial charge is 0.150 e. The van der Waals surface area contributed by atoms with Gasteiger partial charge in [0, 0.05) is 12.1 Å². The zero-order chi connectivity index (χ0) is 8.97. The Bertz CT molecular complexity index is 232. The van der Waals surface area contributed by atoms with Crippen molar-refractivity contribution in [3.05, 3.63) is 17.5 Å². The summed E-state index contributed by atoms with van der Waals surface area (Å²) >= 11 is 0. The third-order valence-electron chi connectivity index (χ3n) is 1.91. The molecule has 0 saturated heterocycles. The van der Waals surface area contributed by atoms with E-state index in [0.29, 0.717) is 6.04 Å². The third kappa shape index (κ3) is 2.66. The predicted molar refractivity (Wildman–Crippen MR) is 47.8 cm³/mol. The van der Waals surface area contributed by atoms with Gasteiger partial charge in [0.15, 0.2) is 5.76 Å². The fourth-order valence-corrected chi connectivity index (χ4v) is 0.919. The molecular formula is C9H16N2O. The van der Waals surface area contributed by atoms with E-state index < -0.39 is 0 Å². The fraction of sp³-hybridized carbons (Fsp3) is 0.667. The predicted octanol–water partition coefficient (Wildman–Crippen LogP) is 1.87. The van der Waals surface area contributed by atoms with E-state index in [2.05, 4.69) is 24.3 Å². The molecule has 1 aromatic rings. The minimum atomic E-state index is 0.537. The highest BCUT2D eigenvalue weighted by atomic mass is 16.5. The first-order valence-electron chi connectivity index (χ1n) is 4.38. The summed E-state index contributed by atoms with van der Waals surface area (Å²) in [7, 11) is 0. The van der Waals surface area contributed by atoms with E-state index >= 15 is 0 Å². The standard InChI is InChI=1S/C9H16N2O/c1-4-7(2)10-6-9-5-8(3)11-12-9/h5,7,10H,4,6H2,1-3H3. The second kappa shape index (κ2) is 4.26.